The lowest BCUT2D eigenvalue weighted by atomic mass is 10.2. The second-order valence-corrected chi connectivity index (χ2v) is 10.3. The maximum Gasteiger partial charge on any atom is 0.234 e. The Bertz CT molecular complexity index is 1210. The summed E-state index contributed by atoms with van der Waals surface area (Å²) >= 11 is 2.74. The Hall–Kier alpha value is -3.44. The van der Waals surface area contributed by atoms with E-state index in [0.29, 0.717) is 43.2 Å². The first-order valence-corrected chi connectivity index (χ1v) is 13.3. The monoisotopic (exact) mass is 527 g/mol. The maximum absolute atomic E-state index is 13.1. The van der Waals surface area contributed by atoms with Crippen LogP contribution in [-0.2, 0) is 20.8 Å². The van der Waals surface area contributed by atoms with Gasteiger partial charge in [0.05, 0.1) is 17.9 Å². The standard InChI is InChI=1S/C25H26FN5O3S2/c1-17(32)27-19-4-6-20(7-5-19)28-23(33)16-36-25-29-21(15-35-25)14-24(34)31-12-10-30(11-13-31)22-8-2-18(26)3-9-22/h2-9,15H,10-14,16H2,1H3,(H,27,32)(H,28,33). The van der Waals surface area contributed by atoms with Crippen LogP contribution in [0, 0.1) is 5.82 Å². The van der Waals surface area contributed by atoms with Crippen molar-refractivity contribution in [1.29, 1.82) is 0 Å². The highest BCUT2D eigenvalue weighted by atomic mass is 32.2. The summed E-state index contributed by atoms with van der Waals surface area (Å²) in [6.45, 7) is 4.04. The molecule has 8 nitrogen and oxygen atoms in total. The molecular formula is C25H26FN5O3S2. The zero-order valence-corrected chi connectivity index (χ0v) is 21.3. The third kappa shape index (κ3) is 7.28. The Balaban J connectivity index is 1.19. The number of hydrogen-bond donors (Lipinski definition) is 2. The van der Waals surface area contributed by atoms with Gasteiger partial charge in [0.1, 0.15) is 5.82 Å². The normalized spacial score (nSPS) is 13.4. The van der Waals surface area contributed by atoms with Gasteiger partial charge in [-0.1, -0.05) is 11.8 Å². The van der Waals surface area contributed by atoms with Gasteiger partial charge in [0.2, 0.25) is 17.7 Å². The lowest BCUT2D eigenvalue weighted by molar-refractivity contribution is -0.130. The van der Waals surface area contributed by atoms with Gasteiger partial charge in [0.15, 0.2) is 4.34 Å². The molecule has 2 N–H and O–H groups in total. The van der Waals surface area contributed by atoms with Gasteiger partial charge >= 0.3 is 0 Å². The Morgan fingerprint density at radius 3 is 2.25 bits per heavy atom. The van der Waals surface area contributed by atoms with Crippen LogP contribution in [-0.4, -0.2) is 59.5 Å². The number of nitrogens with zero attached hydrogens (tertiary/aromatic N) is 3. The van der Waals surface area contributed by atoms with E-state index in [-0.39, 0.29) is 35.7 Å². The fourth-order valence-electron chi connectivity index (χ4n) is 3.73. The van der Waals surface area contributed by atoms with E-state index in [9.17, 15) is 18.8 Å². The third-order valence-corrected chi connectivity index (χ3v) is 7.57. The number of thiazole rings is 1. The SMILES string of the molecule is CC(=O)Nc1ccc(NC(=O)CSc2nc(CC(=O)N3CCN(c4ccc(F)cc4)CC3)cs2)cc1. The van der Waals surface area contributed by atoms with Crippen LogP contribution in [0.4, 0.5) is 21.5 Å². The summed E-state index contributed by atoms with van der Waals surface area (Å²) < 4.78 is 13.9. The van der Waals surface area contributed by atoms with E-state index >= 15 is 0 Å². The summed E-state index contributed by atoms with van der Waals surface area (Å²) in [7, 11) is 0. The Kier molecular flexibility index (Phi) is 8.55. The van der Waals surface area contributed by atoms with Crippen LogP contribution >= 0.6 is 23.1 Å². The average Bonchev–Trinajstić information content (AvgIpc) is 3.31. The molecule has 3 amide bonds. The van der Waals surface area contributed by atoms with E-state index in [2.05, 4.69) is 20.5 Å². The van der Waals surface area contributed by atoms with Crippen LogP contribution in [0.1, 0.15) is 12.6 Å². The van der Waals surface area contributed by atoms with Crippen molar-refractivity contribution in [1.82, 2.24) is 9.88 Å². The number of carbonyl (C=O) groups is 3. The minimum absolute atomic E-state index is 0.0241. The summed E-state index contributed by atoms with van der Waals surface area (Å²) in [5.41, 5.74) is 2.95. The number of carbonyl (C=O) groups excluding carboxylic acids is 3. The van der Waals surface area contributed by atoms with Crippen LogP contribution in [0.15, 0.2) is 58.3 Å². The van der Waals surface area contributed by atoms with E-state index in [1.165, 1.54) is 42.2 Å². The molecular weight excluding hydrogens is 501 g/mol. The number of hydrogen-bond acceptors (Lipinski definition) is 7. The van der Waals surface area contributed by atoms with E-state index < -0.39 is 0 Å². The fraction of sp³-hybridized carbons (Fsp3) is 0.280. The smallest absolute Gasteiger partial charge is 0.234 e. The molecule has 0 bridgehead atoms. The number of anilines is 3. The summed E-state index contributed by atoms with van der Waals surface area (Å²) in [6.07, 6.45) is 0.223. The summed E-state index contributed by atoms with van der Waals surface area (Å²) in [5, 5.41) is 7.34. The number of benzene rings is 2. The molecule has 2 heterocycles. The minimum atomic E-state index is -0.261. The van der Waals surface area contributed by atoms with Crippen LogP contribution in [0.25, 0.3) is 0 Å². The Morgan fingerprint density at radius 1 is 0.972 bits per heavy atom. The number of piperazine rings is 1. The molecule has 0 atom stereocenters. The van der Waals surface area contributed by atoms with Gasteiger partial charge in [-0.25, -0.2) is 9.37 Å². The molecule has 0 radical (unpaired) electrons. The first-order valence-electron chi connectivity index (χ1n) is 11.4. The molecule has 4 rings (SSSR count). The van der Waals surface area contributed by atoms with Crippen molar-refractivity contribution >= 4 is 57.9 Å². The number of amides is 3. The average molecular weight is 528 g/mol. The van der Waals surface area contributed by atoms with Crippen molar-refractivity contribution in [3.63, 3.8) is 0 Å². The van der Waals surface area contributed by atoms with Gasteiger partial charge in [-0.2, -0.15) is 0 Å². The largest absolute Gasteiger partial charge is 0.368 e. The number of halogens is 1. The van der Waals surface area contributed by atoms with Gasteiger partial charge in [-0.15, -0.1) is 11.3 Å². The predicted molar refractivity (Wildman–Crippen MR) is 141 cm³/mol. The molecule has 36 heavy (non-hydrogen) atoms. The molecule has 0 spiro atoms. The molecule has 188 valence electrons. The van der Waals surface area contributed by atoms with E-state index in [1.807, 2.05) is 10.3 Å². The highest BCUT2D eigenvalue weighted by Crippen LogP contribution is 2.24. The molecule has 1 aliphatic heterocycles. The van der Waals surface area contributed by atoms with E-state index in [4.69, 9.17) is 0 Å². The van der Waals surface area contributed by atoms with Gasteiger partial charge < -0.3 is 20.4 Å². The van der Waals surface area contributed by atoms with Crippen LogP contribution in [0.3, 0.4) is 0 Å². The molecule has 1 aliphatic rings. The summed E-state index contributed by atoms with van der Waals surface area (Å²) in [6, 6.07) is 13.3. The second-order valence-electron chi connectivity index (χ2n) is 8.22. The Morgan fingerprint density at radius 2 is 1.61 bits per heavy atom. The van der Waals surface area contributed by atoms with Crippen molar-refractivity contribution in [3.05, 3.63) is 65.4 Å². The molecule has 1 fully saturated rings. The van der Waals surface area contributed by atoms with Gasteiger partial charge in [0, 0.05) is 55.5 Å². The topological polar surface area (TPSA) is 94.6 Å². The van der Waals surface area contributed by atoms with Gasteiger partial charge in [-0.3, -0.25) is 14.4 Å². The number of nitrogens with one attached hydrogen (secondary N) is 2. The molecule has 1 aromatic heterocycles. The number of rotatable bonds is 8. The molecule has 0 unspecified atom stereocenters. The van der Waals surface area contributed by atoms with Crippen LogP contribution in [0.5, 0.6) is 0 Å². The molecule has 0 aliphatic carbocycles. The molecule has 1 saturated heterocycles. The second kappa shape index (κ2) is 12.0. The zero-order chi connectivity index (χ0) is 25.5. The van der Waals surface area contributed by atoms with Crippen LogP contribution < -0.4 is 15.5 Å². The van der Waals surface area contributed by atoms with Crippen molar-refractivity contribution in [2.75, 3.05) is 47.5 Å². The van der Waals surface area contributed by atoms with Gasteiger partial charge in [0.25, 0.3) is 0 Å². The van der Waals surface area contributed by atoms with E-state index in [1.54, 1.807) is 36.4 Å². The molecule has 11 heteroatoms. The summed E-state index contributed by atoms with van der Waals surface area (Å²) in [4.78, 5) is 44.6. The number of thioether (sulfide) groups is 1. The van der Waals surface area contributed by atoms with Gasteiger partial charge in [-0.05, 0) is 48.5 Å². The predicted octanol–water partition coefficient (Wildman–Crippen LogP) is 3.86. The quantitative estimate of drug-likeness (QED) is 0.432. The third-order valence-electron chi connectivity index (χ3n) is 5.50. The highest BCUT2D eigenvalue weighted by Gasteiger charge is 2.22. The zero-order valence-electron chi connectivity index (χ0n) is 19.7. The molecule has 3 aromatic rings. The summed E-state index contributed by atoms with van der Waals surface area (Å²) in [5.74, 6) is -0.365. The number of aromatic nitrogens is 1. The lowest BCUT2D eigenvalue weighted by Gasteiger charge is -2.36. The lowest BCUT2D eigenvalue weighted by Crippen LogP contribution is -2.49. The van der Waals surface area contributed by atoms with Crippen molar-refractivity contribution in [2.24, 2.45) is 0 Å². The first kappa shape index (κ1) is 25.6. The maximum atomic E-state index is 13.1. The van der Waals surface area contributed by atoms with Crippen molar-refractivity contribution in [3.8, 4) is 0 Å². The van der Waals surface area contributed by atoms with Crippen molar-refractivity contribution < 1.29 is 18.8 Å². The molecule has 2 aromatic carbocycles. The minimum Gasteiger partial charge on any atom is -0.368 e. The van der Waals surface area contributed by atoms with E-state index in [0.717, 1.165) is 10.0 Å². The highest BCUT2D eigenvalue weighted by molar-refractivity contribution is 8.01. The Labute approximate surface area is 216 Å². The fourth-order valence-corrected chi connectivity index (χ4v) is 5.38. The first-order chi connectivity index (χ1) is 17.4. The van der Waals surface area contributed by atoms with Crippen LogP contribution in [0.2, 0.25) is 0 Å². The van der Waals surface area contributed by atoms with Crippen molar-refractivity contribution in [2.45, 2.75) is 17.7 Å². The molecule has 0 saturated carbocycles.